The Morgan fingerprint density at radius 2 is 2.00 bits per heavy atom. The van der Waals surface area contributed by atoms with Crippen LogP contribution in [0.2, 0.25) is 5.02 Å². The Morgan fingerprint density at radius 1 is 1.31 bits per heavy atom. The van der Waals surface area contributed by atoms with Crippen molar-refractivity contribution in [3.05, 3.63) is 35.7 Å². The predicted molar refractivity (Wildman–Crippen MR) is 66.3 cm³/mol. The maximum absolute atomic E-state index is 5.80. The molecule has 1 aliphatic rings. The second kappa shape index (κ2) is 5.27. The van der Waals surface area contributed by atoms with Crippen molar-refractivity contribution in [3.8, 4) is 17.6 Å². The van der Waals surface area contributed by atoms with Crippen molar-refractivity contribution >= 4 is 11.6 Å². The van der Waals surface area contributed by atoms with Crippen molar-refractivity contribution in [1.82, 2.24) is 0 Å². The highest BCUT2D eigenvalue weighted by Crippen LogP contribution is 2.31. The molecule has 0 aliphatic heterocycles. The predicted octanol–water partition coefficient (Wildman–Crippen LogP) is 3.72. The summed E-state index contributed by atoms with van der Waals surface area (Å²) >= 11 is 5.80. The lowest BCUT2D eigenvalue weighted by Gasteiger charge is -2.32. The van der Waals surface area contributed by atoms with Crippen LogP contribution in [0.25, 0.3) is 0 Å². The lowest BCUT2D eigenvalue weighted by atomic mass is 9.83. The van der Waals surface area contributed by atoms with Gasteiger partial charge in [-0.1, -0.05) is 30.4 Å². The molecule has 1 aliphatic carbocycles. The van der Waals surface area contributed by atoms with Gasteiger partial charge in [0.2, 0.25) is 0 Å². The zero-order chi connectivity index (χ0) is 11.4. The maximum Gasteiger partial charge on any atom is 0.119 e. The third kappa shape index (κ3) is 2.93. The first-order valence-electron chi connectivity index (χ1n) is 5.49. The van der Waals surface area contributed by atoms with E-state index in [1.807, 2.05) is 37.6 Å². The molecule has 0 aromatic heterocycles. The number of hydrogen-bond acceptors (Lipinski definition) is 1. The average molecular weight is 234 g/mol. The van der Waals surface area contributed by atoms with E-state index in [1.54, 1.807) is 0 Å². The number of rotatable bonds is 2. The molecule has 2 rings (SSSR count). The van der Waals surface area contributed by atoms with Gasteiger partial charge >= 0.3 is 0 Å². The molecule has 1 radical (unpaired) electrons. The van der Waals surface area contributed by atoms with Crippen molar-refractivity contribution in [1.29, 1.82) is 0 Å². The van der Waals surface area contributed by atoms with E-state index in [4.69, 9.17) is 16.3 Å². The number of hydrogen-bond donors (Lipinski definition) is 0. The van der Waals surface area contributed by atoms with Gasteiger partial charge < -0.3 is 4.74 Å². The lowest BCUT2D eigenvalue weighted by molar-refractivity contribution is 0.0902. The van der Waals surface area contributed by atoms with Crippen molar-refractivity contribution in [2.75, 3.05) is 0 Å². The third-order valence-corrected chi connectivity index (χ3v) is 2.89. The molecule has 0 heterocycles. The summed E-state index contributed by atoms with van der Waals surface area (Å²) in [6.45, 7) is 1.95. The van der Waals surface area contributed by atoms with Crippen LogP contribution in [0.5, 0.6) is 5.75 Å². The molecule has 1 aromatic rings. The van der Waals surface area contributed by atoms with Crippen LogP contribution in [-0.2, 0) is 0 Å². The molecule has 83 valence electrons. The van der Waals surface area contributed by atoms with Crippen molar-refractivity contribution in [2.45, 2.75) is 25.9 Å². The standard InChI is InChI=1S/C14H14ClO/c1-2-3-4-11-9-14(10-11)16-13-7-5-12(15)6-8-13/h2,5-8,11,14H,9-10H2,1H3/t11-,14+. The minimum atomic E-state index is 0.317. The highest BCUT2D eigenvalue weighted by molar-refractivity contribution is 6.30. The maximum atomic E-state index is 5.80. The lowest BCUT2D eigenvalue weighted by Crippen LogP contribution is -2.32. The van der Waals surface area contributed by atoms with E-state index >= 15 is 0 Å². The highest BCUT2D eigenvalue weighted by Gasteiger charge is 2.29. The van der Waals surface area contributed by atoms with Gasteiger partial charge in [-0.15, -0.1) is 0 Å². The van der Waals surface area contributed by atoms with Gasteiger partial charge in [0.1, 0.15) is 11.9 Å². The van der Waals surface area contributed by atoms with Crippen LogP contribution in [0.1, 0.15) is 19.8 Å². The molecule has 0 bridgehead atoms. The van der Waals surface area contributed by atoms with E-state index in [2.05, 4.69) is 11.8 Å². The fourth-order valence-electron chi connectivity index (χ4n) is 1.69. The van der Waals surface area contributed by atoms with Crippen LogP contribution >= 0.6 is 11.6 Å². The Kier molecular flexibility index (Phi) is 3.74. The van der Waals surface area contributed by atoms with Crippen molar-refractivity contribution in [2.24, 2.45) is 5.92 Å². The number of halogens is 1. The fourth-order valence-corrected chi connectivity index (χ4v) is 1.81. The summed E-state index contributed by atoms with van der Waals surface area (Å²) in [5.74, 6) is 7.58. The molecule has 1 nitrogen and oxygen atoms in total. The van der Waals surface area contributed by atoms with Gasteiger partial charge in [-0.25, -0.2) is 0 Å². The minimum absolute atomic E-state index is 0.317. The first kappa shape index (κ1) is 11.4. The molecule has 0 spiro atoms. The van der Waals surface area contributed by atoms with Crippen LogP contribution in [0.15, 0.2) is 24.3 Å². The number of benzene rings is 1. The monoisotopic (exact) mass is 233 g/mol. The largest absolute Gasteiger partial charge is 0.490 e. The second-order valence-corrected chi connectivity index (χ2v) is 4.38. The molecule has 2 heteroatoms. The zero-order valence-corrected chi connectivity index (χ0v) is 10.00. The zero-order valence-electron chi connectivity index (χ0n) is 9.24. The fraction of sp³-hybridized carbons (Fsp3) is 0.357. The summed E-state index contributed by atoms with van der Waals surface area (Å²) in [5, 5.41) is 0.739. The second-order valence-electron chi connectivity index (χ2n) is 3.94. The van der Waals surface area contributed by atoms with Gasteiger partial charge in [0.25, 0.3) is 0 Å². The van der Waals surface area contributed by atoms with Crippen molar-refractivity contribution in [3.63, 3.8) is 0 Å². The summed E-state index contributed by atoms with van der Waals surface area (Å²) < 4.78 is 5.78. The van der Waals surface area contributed by atoms with Gasteiger partial charge in [0.15, 0.2) is 0 Å². The van der Waals surface area contributed by atoms with Gasteiger partial charge in [0.05, 0.1) is 0 Å². The van der Waals surface area contributed by atoms with Crippen LogP contribution in [-0.4, -0.2) is 6.10 Å². The van der Waals surface area contributed by atoms with Gasteiger partial charge in [-0.3, -0.25) is 0 Å². The molecule has 1 fully saturated rings. The van der Waals surface area contributed by atoms with E-state index in [9.17, 15) is 0 Å². The Bertz CT molecular complexity index is 393. The SMILES string of the molecule is C[CH]C#C[C@H]1C[C@@H](Oc2ccc(Cl)cc2)C1. The molecular formula is C14H14ClO. The topological polar surface area (TPSA) is 9.23 Å². The smallest absolute Gasteiger partial charge is 0.119 e. The third-order valence-electron chi connectivity index (χ3n) is 2.64. The molecule has 0 amide bonds. The Balaban J connectivity index is 1.79. The molecule has 16 heavy (non-hydrogen) atoms. The average Bonchev–Trinajstić information content (AvgIpc) is 2.24. The minimum Gasteiger partial charge on any atom is -0.490 e. The van der Waals surface area contributed by atoms with Crippen LogP contribution in [0.3, 0.4) is 0 Å². The Labute approximate surface area is 102 Å². The molecule has 0 atom stereocenters. The summed E-state index contributed by atoms with van der Waals surface area (Å²) in [5.41, 5.74) is 0. The van der Waals surface area contributed by atoms with E-state index < -0.39 is 0 Å². The van der Waals surface area contributed by atoms with Gasteiger partial charge in [-0.05, 0) is 37.1 Å². The van der Waals surface area contributed by atoms with Gasteiger partial charge in [-0.2, -0.15) is 0 Å². The summed E-state index contributed by atoms with van der Waals surface area (Å²) in [6.07, 6.45) is 4.26. The van der Waals surface area contributed by atoms with Crippen LogP contribution < -0.4 is 4.74 Å². The quantitative estimate of drug-likeness (QED) is 0.708. The van der Waals surface area contributed by atoms with E-state index in [0.29, 0.717) is 12.0 Å². The van der Waals surface area contributed by atoms with Gasteiger partial charge in [0, 0.05) is 17.4 Å². The molecule has 0 saturated heterocycles. The normalized spacial score (nSPS) is 22.9. The summed E-state index contributed by atoms with van der Waals surface area (Å²) in [4.78, 5) is 0. The summed E-state index contributed by atoms with van der Waals surface area (Å²) in [6, 6.07) is 7.50. The first-order chi connectivity index (χ1) is 7.78. The first-order valence-corrected chi connectivity index (χ1v) is 5.87. The molecule has 1 saturated carbocycles. The van der Waals surface area contributed by atoms with Crippen molar-refractivity contribution < 1.29 is 4.74 Å². The highest BCUT2D eigenvalue weighted by atomic mass is 35.5. The van der Waals surface area contributed by atoms with E-state index in [0.717, 1.165) is 23.6 Å². The molecular weight excluding hydrogens is 220 g/mol. The van der Waals surface area contributed by atoms with Crippen LogP contribution in [0, 0.1) is 24.2 Å². The number of ether oxygens (including phenoxy) is 1. The Hall–Kier alpha value is -1.13. The van der Waals surface area contributed by atoms with Crippen LogP contribution in [0.4, 0.5) is 0 Å². The summed E-state index contributed by atoms with van der Waals surface area (Å²) in [7, 11) is 0. The molecule has 0 unspecified atom stereocenters. The molecule has 1 aromatic carbocycles. The van der Waals surface area contributed by atoms with E-state index in [1.165, 1.54) is 0 Å². The Morgan fingerprint density at radius 3 is 2.62 bits per heavy atom. The molecule has 0 N–H and O–H groups in total. The van der Waals surface area contributed by atoms with E-state index in [-0.39, 0.29) is 0 Å².